The number of sulfonamides is 1. The molecule has 110 valence electrons. The van der Waals surface area contributed by atoms with Gasteiger partial charge in [-0.05, 0) is 37.9 Å². The van der Waals surface area contributed by atoms with Gasteiger partial charge in [-0.2, -0.15) is 4.31 Å². The highest BCUT2D eigenvalue weighted by atomic mass is 32.2. The monoisotopic (exact) mass is 295 g/mol. The number of aryl methyl sites for hydroxylation is 1. The number of nitrogens with two attached hydrogens (primary N) is 1. The number of anilines is 1. The van der Waals surface area contributed by atoms with Gasteiger partial charge in [-0.15, -0.1) is 0 Å². The van der Waals surface area contributed by atoms with Gasteiger partial charge in [0.15, 0.2) is 0 Å². The molecule has 2 N–H and O–H groups in total. The fourth-order valence-electron chi connectivity index (χ4n) is 3.34. The molecule has 1 aromatic carbocycles. The third-order valence-electron chi connectivity index (χ3n) is 4.39. The van der Waals surface area contributed by atoms with Crippen molar-refractivity contribution in [3.8, 4) is 0 Å². The molecule has 2 aliphatic heterocycles. The predicted molar refractivity (Wildman–Crippen MR) is 78.9 cm³/mol. The van der Waals surface area contributed by atoms with E-state index in [-0.39, 0.29) is 4.90 Å². The molecule has 0 aliphatic carbocycles. The van der Waals surface area contributed by atoms with Crippen LogP contribution in [0, 0.1) is 6.92 Å². The van der Waals surface area contributed by atoms with Crippen molar-refractivity contribution in [1.82, 2.24) is 9.21 Å². The molecule has 5 nitrogen and oxygen atoms in total. The first-order valence-electron chi connectivity index (χ1n) is 7.09. The molecule has 1 unspecified atom stereocenters. The number of fused-ring (bicyclic) bond motifs is 1. The Labute approximate surface area is 120 Å². The Morgan fingerprint density at radius 1 is 1.25 bits per heavy atom. The van der Waals surface area contributed by atoms with Crippen molar-refractivity contribution in [2.45, 2.75) is 30.7 Å². The van der Waals surface area contributed by atoms with E-state index in [0.717, 1.165) is 25.1 Å². The van der Waals surface area contributed by atoms with Gasteiger partial charge in [-0.3, -0.25) is 4.90 Å². The van der Waals surface area contributed by atoms with Crippen LogP contribution in [-0.4, -0.2) is 49.8 Å². The van der Waals surface area contributed by atoms with Gasteiger partial charge in [0, 0.05) is 25.7 Å². The van der Waals surface area contributed by atoms with Gasteiger partial charge in [-0.1, -0.05) is 12.1 Å². The predicted octanol–water partition coefficient (Wildman–Crippen LogP) is 1.05. The average molecular weight is 295 g/mol. The Balaban J connectivity index is 1.92. The fourth-order valence-corrected chi connectivity index (χ4v) is 5.13. The van der Waals surface area contributed by atoms with Crippen molar-refractivity contribution in [3.05, 3.63) is 23.8 Å². The van der Waals surface area contributed by atoms with E-state index in [9.17, 15) is 8.42 Å². The molecule has 1 atom stereocenters. The molecule has 20 heavy (non-hydrogen) atoms. The van der Waals surface area contributed by atoms with Crippen LogP contribution in [0.1, 0.15) is 18.4 Å². The van der Waals surface area contributed by atoms with Gasteiger partial charge in [0.05, 0.1) is 5.69 Å². The highest BCUT2D eigenvalue weighted by Crippen LogP contribution is 2.29. The van der Waals surface area contributed by atoms with Gasteiger partial charge < -0.3 is 5.73 Å². The Bertz CT molecular complexity index is 595. The lowest BCUT2D eigenvalue weighted by Gasteiger charge is -2.37. The molecule has 3 rings (SSSR count). The van der Waals surface area contributed by atoms with Crippen LogP contribution in [-0.2, 0) is 10.0 Å². The van der Waals surface area contributed by atoms with Crippen LogP contribution < -0.4 is 5.73 Å². The number of benzene rings is 1. The van der Waals surface area contributed by atoms with Crippen LogP contribution in [0.15, 0.2) is 23.1 Å². The number of rotatable bonds is 2. The molecule has 0 amide bonds. The second kappa shape index (κ2) is 5.02. The highest BCUT2D eigenvalue weighted by Gasteiger charge is 2.37. The maximum Gasteiger partial charge on any atom is 0.245 e. The van der Waals surface area contributed by atoms with Crippen LogP contribution in [0.2, 0.25) is 0 Å². The van der Waals surface area contributed by atoms with Crippen molar-refractivity contribution < 1.29 is 8.42 Å². The van der Waals surface area contributed by atoms with E-state index in [0.29, 0.717) is 24.8 Å². The van der Waals surface area contributed by atoms with Crippen LogP contribution in [0.25, 0.3) is 0 Å². The lowest BCUT2D eigenvalue weighted by Crippen LogP contribution is -2.52. The highest BCUT2D eigenvalue weighted by molar-refractivity contribution is 7.89. The third kappa shape index (κ3) is 2.21. The quantitative estimate of drug-likeness (QED) is 0.828. The Hall–Kier alpha value is -1.11. The summed E-state index contributed by atoms with van der Waals surface area (Å²) in [6.07, 6.45) is 2.26. The summed E-state index contributed by atoms with van der Waals surface area (Å²) in [6, 6.07) is 5.63. The number of piperazine rings is 1. The smallest absolute Gasteiger partial charge is 0.245 e. The molecule has 0 radical (unpaired) electrons. The van der Waals surface area contributed by atoms with E-state index in [4.69, 9.17) is 5.73 Å². The first-order chi connectivity index (χ1) is 9.50. The third-order valence-corrected chi connectivity index (χ3v) is 6.48. The van der Waals surface area contributed by atoms with Crippen molar-refractivity contribution in [3.63, 3.8) is 0 Å². The zero-order valence-corrected chi connectivity index (χ0v) is 12.6. The van der Waals surface area contributed by atoms with Crippen LogP contribution in [0.3, 0.4) is 0 Å². The number of hydrogen-bond donors (Lipinski definition) is 1. The average Bonchev–Trinajstić information content (AvgIpc) is 2.85. The van der Waals surface area contributed by atoms with Crippen LogP contribution >= 0.6 is 0 Å². The second-order valence-electron chi connectivity index (χ2n) is 5.69. The van der Waals surface area contributed by atoms with Gasteiger partial charge in [0.25, 0.3) is 0 Å². The van der Waals surface area contributed by atoms with Gasteiger partial charge in [0.2, 0.25) is 10.0 Å². The molecule has 0 spiro atoms. The summed E-state index contributed by atoms with van der Waals surface area (Å²) in [5.74, 6) is 0. The van der Waals surface area contributed by atoms with Crippen LogP contribution in [0.5, 0.6) is 0 Å². The van der Waals surface area contributed by atoms with E-state index in [1.165, 1.54) is 6.42 Å². The van der Waals surface area contributed by atoms with Crippen LogP contribution in [0.4, 0.5) is 5.69 Å². The van der Waals surface area contributed by atoms with E-state index in [1.54, 1.807) is 29.4 Å². The van der Waals surface area contributed by atoms with Crippen molar-refractivity contribution in [2.24, 2.45) is 0 Å². The van der Waals surface area contributed by atoms with E-state index < -0.39 is 10.0 Å². The molecule has 2 heterocycles. The molecule has 6 heteroatoms. The molecular formula is C14H21N3O2S. The van der Waals surface area contributed by atoms with Gasteiger partial charge in [-0.25, -0.2) is 8.42 Å². The zero-order chi connectivity index (χ0) is 14.3. The summed E-state index contributed by atoms with van der Waals surface area (Å²) >= 11 is 0. The zero-order valence-electron chi connectivity index (χ0n) is 11.7. The lowest BCUT2D eigenvalue weighted by atomic mass is 10.2. The SMILES string of the molecule is Cc1cccc(N)c1S(=O)(=O)N1CCN2CCCC2C1. The van der Waals surface area contributed by atoms with E-state index in [1.807, 2.05) is 0 Å². The minimum atomic E-state index is -3.48. The summed E-state index contributed by atoms with van der Waals surface area (Å²) < 4.78 is 27.3. The molecule has 0 saturated carbocycles. The Morgan fingerprint density at radius 2 is 2.05 bits per heavy atom. The van der Waals surface area contributed by atoms with E-state index in [2.05, 4.69) is 4.90 Å². The van der Waals surface area contributed by atoms with Gasteiger partial charge in [0.1, 0.15) is 4.90 Å². The lowest BCUT2D eigenvalue weighted by molar-refractivity contribution is 0.158. The number of nitrogens with zero attached hydrogens (tertiary/aromatic N) is 2. The molecule has 1 aromatic rings. The van der Waals surface area contributed by atoms with Crippen molar-refractivity contribution in [1.29, 1.82) is 0 Å². The summed E-state index contributed by atoms with van der Waals surface area (Å²) in [6.45, 7) is 4.89. The molecule has 2 fully saturated rings. The minimum Gasteiger partial charge on any atom is -0.398 e. The number of hydrogen-bond acceptors (Lipinski definition) is 4. The first-order valence-corrected chi connectivity index (χ1v) is 8.53. The van der Waals surface area contributed by atoms with Crippen molar-refractivity contribution >= 4 is 15.7 Å². The molecular weight excluding hydrogens is 274 g/mol. The number of nitrogen functional groups attached to an aromatic ring is 1. The normalized spacial score (nSPS) is 24.8. The Morgan fingerprint density at radius 3 is 2.80 bits per heavy atom. The molecule has 2 saturated heterocycles. The second-order valence-corrected chi connectivity index (χ2v) is 7.56. The van der Waals surface area contributed by atoms with Crippen molar-refractivity contribution in [2.75, 3.05) is 31.9 Å². The topological polar surface area (TPSA) is 66.6 Å². The molecule has 2 aliphatic rings. The fraction of sp³-hybridized carbons (Fsp3) is 0.571. The maximum atomic E-state index is 12.8. The largest absolute Gasteiger partial charge is 0.398 e. The van der Waals surface area contributed by atoms with Gasteiger partial charge >= 0.3 is 0 Å². The summed E-state index contributed by atoms with van der Waals surface area (Å²) in [4.78, 5) is 2.68. The van der Waals surface area contributed by atoms with E-state index >= 15 is 0 Å². The standard InChI is InChI=1S/C14H21N3O2S/c1-11-4-2-6-13(15)14(11)20(18,19)17-9-8-16-7-3-5-12(16)10-17/h2,4,6,12H,3,5,7-10,15H2,1H3. The maximum absolute atomic E-state index is 12.8. The molecule has 0 aromatic heterocycles. The summed E-state index contributed by atoms with van der Waals surface area (Å²) in [7, 11) is -3.48. The molecule has 0 bridgehead atoms. The summed E-state index contributed by atoms with van der Waals surface area (Å²) in [5, 5.41) is 0. The first kappa shape index (κ1) is 13.9. The Kier molecular flexibility index (Phi) is 3.48. The summed E-state index contributed by atoms with van der Waals surface area (Å²) in [5.41, 5.74) is 6.97. The minimum absolute atomic E-state index is 0.284.